The van der Waals surface area contributed by atoms with E-state index in [0.29, 0.717) is 36.7 Å². The molecule has 0 radical (unpaired) electrons. The van der Waals surface area contributed by atoms with Crippen molar-refractivity contribution in [2.75, 3.05) is 47.5 Å². The second-order valence-electron chi connectivity index (χ2n) is 14.8. The van der Waals surface area contributed by atoms with Gasteiger partial charge in [0, 0.05) is 12.8 Å². The molecule has 0 saturated carbocycles. The minimum absolute atomic E-state index is 0.0632. The first-order chi connectivity index (χ1) is 27.4. The molecule has 57 heavy (non-hydrogen) atoms. The van der Waals surface area contributed by atoms with E-state index in [-0.39, 0.29) is 26.1 Å². The van der Waals surface area contributed by atoms with Crippen LogP contribution in [0.5, 0.6) is 0 Å². The van der Waals surface area contributed by atoms with Crippen molar-refractivity contribution >= 4 is 19.8 Å². The minimum Gasteiger partial charge on any atom is -0.756 e. The van der Waals surface area contributed by atoms with E-state index in [2.05, 4.69) is 68.5 Å². The van der Waals surface area contributed by atoms with Crippen molar-refractivity contribution in [3.05, 3.63) is 97.2 Å². The molecule has 0 spiro atoms. The van der Waals surface area contributed by atoms with E-state index in [1.54, 1.807) is 6.08 Å². The molecule has 3 atom stereocenters. The highest BCUT2D eigenvalue weighted by Crippen LogP contribution is 2.38. The maximum Gasteiger partial charge on any atom is 0.306 e. The van der Waals surface area contributed by atoms with Gasteiger partial charge in [-0.3, -0.25) is 14.2 Å². The third-order valence-electron chi connectivity index (χ3n) is 8.17. The van der Waals surface area contributed by atoms with Gasteiger partial charge in [-0.1, -0.05) is 124 Å². The second-order valence-corrected chi connectivity index (χ2v) is 16.2. The normalized spacial score (nSPS) is 15.1. The minimum atomic E-state index is -4.67. The van der Waals surface area contributed by atoms with Gasteiger partial charge in [-0.25, -0.2) is 0 Å². The molecule has 0 aromatic heterocycles. The number of phosphoric ester groups is 1. The van der Waals surface area contributed by atoms with E-state index in [1.165, 1.54) is 19.3 Å². The Kier molecular flexibility index (Phi) is 35.2. The predicted octanol–water partition coefficient (Wildman–Crippen LogP) is 10.1. The van der Waals surface area contributed by atoms with E-state index in [0.717, 1.165) is 51.4 Å². The highest BCUT2D eigenvalue weighted by molar-refractivity contribution is 7.45. The number of aliphatic hydroxyl groups is 1. The molecule has 0 fully saturated rings. The van der Waals surface area contributed by atoms with Gasteiger partial charge in [0.05, 0.1) is 33.9 Å². The number of rotatable bonds is 36. The molecule has 0 aliphatic rings. The highest BCUT2D eigenvalue weighted by Gasteiger charge is 2.21. The van der Waals surface area contributed by atoms with Crippen LogP contribution in [0.4, 0.5) is 0 Å². The molecule has 0 amide bonds. The fraction of sp³-hybridized carbons (Fsp3) is 0.609. The Hall–Kier alpha value is -3.11. The van der Waals surface area contributed by atoms with Gasteiger partial charge in [0.2, 0.25) is 0 Å². The summed E-state index contributed by atoms with van der Waals surface area (Å²) < 4.78 is 33.7. The number of nitrogens with zero attached hydrogens (tertiary/aromatic N) is 1. The van der Waals surface area contributed by atoms with E-state index in [9.17, 15) is 24.2 Å². The number of unbranched alkanes of at least 4 members (excludes halogenated alkanes) is 6. The molecule has 0 bridgehead atoms. The monoisotopic (exact) mass is 818 g/mol. The number of carbonyl (C=O) groups excluding carboxylic acids is 2. The van der Waals surface area contributed by atoms with Gasteiger partial charge in [-0.15, -0.1) is 0 Å². The summed E-state index contributed by atoms with van der Waals surface area (Å²) in [6.07, 6.45) is 44.8. The first kappa shape index (κ1) is 53.9. The average molecular weight is 818 g/mol. The molecule has 0 heterocycles. The molecule has 10 nitrogen and oxygen atoms in total. The van der Waals surface area contributed by atoms with E-state index in [1.807, 2.05) is 57.6 Å². The summed E-state index contributed by atoms with van der Waals surface area (Å²) >= 11 is 0. The summed E-state index contributed by atoms with van der Waals surface area (Å²) in [6, 6.07) is 0. The van der Waals surface area contributed by atoms with Crippen LogP contribution in [0.3, 0.4) is 0 Å². The maximum atomic E-state index is 12.6. The molecule has 0 aromatic carbocycles. The number of hydrogen-bond acceptors (Lipinski definition) is 9. The lowest BCUT2D eigenvalue weighted by Crippen LogP contribution is -2.37. The zero-order valence-corrected chi connectivity index (χ0v) is 36.7. The Balaban J connectivity index is 4.64. The van der Waals surface area contributed by atoms with Gasteiger partial charge >= 0.3 is 11.9 Å². The van der Waals surface area contributed by atoms with Gasteiger partial charge < -0.3 is 33.0 Å². The van der Waals surface area contributed by atoms with Crippen LogP contribution in [-0.4, -0.2) is 81.2 Å². The number of phosphoric acid groups is 1. The van der Waals surface area contributed by atoms with Crippen LogP contribution in [0.2, 0.25) is 0 Å². The van der Waals surface area contributed by atoms with Crippen molar-refractivity contribution in [3.63, 3.8) is 0 Å². The number of ether oxygens (including phenoxy) is 2. The smallest absolute Gasteiger partial charge is 0.306 e. The highest BCUT2D eigenvalue weighted by atomic mass is 31.2. The molecule has 1 unspecified atom stereocenters. The molecule has 0 aliphatic heterocycles. The second kappa shape index (κ2) is 37.2. The summed E-state index contributed by atoms with van der Waals surface area (Å²) in [5, 5.41) is 10.0. The van der Waals surface area contributed by atoms with Gasteiger partial charge in [0.25, 0.3) is 7.82 Å². The largest absolute Gasteiger partial charge is 0.756 e. The Morgan fingerprint density at radius 2 is 1.23 bits per heavy atom. The topological polar surface area (TPSA) is 131 Å². The lowest BCUT2D eigenvalue weighted by atomic mass is 10.1. The third kappa shape index (κ3) is 40.9. The average Bonchev–Trinajstić information content (AvgIpc) is 3.15. The zero-order chi connectivity index (χ0) is 42.3. The summed E-state index contributed by atoms with van der Waals surface area (Å²) in [5.41, 5.74) is 0. The van der Waals surface area contributed by atoms with Crippen molar-refractivity contribution in [2.24, 2.45) is 0 Å². The van der Waals surface area contributed by atoms with Crippen LogP contribution >= 0.6 is 7.82 Å². The molecule has 0 saturated heterocycles. The number of aliphatic hydroxyl groups excluding tert-OH is 1. The van der Waals surface area contributed by atoms with Crippen molar-refractivity contribution in [1.82, 2.24) is 0 Å². The summed E-state index contributed by atoms with van der Waals surface area (Å²) in [4.78, 5) is 37.4. The van der Waals surface area contributed by atoms with Crippen LogP contribution < -0.4 is 4.89 Å². The lowest BCUT2D eigenvalue weighted by Gasteiger charge is -2.28. The molecule has 0 rings (SSSR count). The number of esters is 2. The number of allylic oxidation sites excluding steroid dienone is 14. The van der Waals surface area contributed by atoms with Gasteiger partial charge in [0.15, 0.2) is 6.10 Å². The van der Waals surface area contributed by atoms with Crippen molar-refractivity contribution in [3.8, 4) is 0 Å². The lowest BCUT2D eigenvalue weighted by molar-refractivity contribution is -0.870. The molecule has 1 N–H and O–H groups in total. The van der Waals surface area contributed by atoms with Crippen LogP contribution in [0.1, 0.15) is 123 Å². The van der Waals surface area contributed by atoms with Crippen LogP contribution in [0.25, 0.3) is 0 Å². The first-order valence-corrected chi connectivity index (χ1v) is 22.5. The number of carbonyl (C=O) groups is 2. The Morgan fingerprint density at radius 3 is 1.86 bits per heavy atom. The van der Waals surface area contributed by atoms with Crippen LogP contribution in [-0.2, 0) is 32.7 Å². The number of likely N-dealkylation sites (N-methyl/N-ethyl adjacent to an activating group) is 1. The Labute approximate surface area is 346 Å². The van der Waals surface area contributed by atoms with Gasteiger partial charge in [-0.05, 0) is 83.5 Å². The van der Waals surface area contributed by atoms with E-state index < -0.39 is 38.6 Å². The van der Waals surface area contributed by atoms with Crippen LogP contribution in [0, 0.1) is 0 Å². The summed E-state index contributed by atoms with van der Waals surface area (Å²) in [5.74, 6) is -1.00. The Morgan fingerprint density at radius 1 is 0.667 bits per heavy atom. The van der Waals surface area contributed by atoms with Gasteiger partial charge in [-0.2, -0.15) is 0 Å². The fourth-order valence-corrected chi connectivity index (χ4v) is 5.57. The quantitative estimate of drug-likeness (QED) is 0.0164. The zero-order valence-electron chi connectivity index (χ0n) is 35.8. The number of hydrogen-bond donors (Lipinski definition) is 1. The molecule has 324 valence electrons. The van der Waals surface area contributed by atoms with Crippen molar-refractivity contribution in [2.45, 2.75) is 135 Å². The molecule has 11 heteroatoms. The van der Waals surface area contributed by atoms with Crippen molar-refractivity contribution < 1.29 is 47.2 Å². The number of quaternary nitrogens is 1. The summed E-state index contributed by atoms with van der Waals surface area (Å²) in [7, 11) is 1.05. The predicted molar refractivity (Wildman–Crippen MR) is 232 cm³/mol. The molecular weight excluding hydrogens is 741 g/mol. The van der Waals surface area contributed by atoms with Crippen molar-refractivity contribution in [1.29, 1.82) is 0 Å². The summed E-state index contributed by atoms with van der Waals surface area (Å²) in [6.45, 7) is 3.84. The Bertz CT molecular complexity index is 1310. The standard InChI is InChI=1S/C46H76NO9P/c1-6-8-10-12-14-15-16-17-18-19-20-21-26-30-34-38-46(50)56-44(42-55-57(51,52)54-40-39-47(3,4)5)41-53-45(49)37-33-29-25-23-22-24-28-32-36-43(48)35-31-27-13-11-9-7-2/h8,10,14-15,17-18,20-21,23-25,27-28,31-32,36,43-44,48H,6-7,9,11-13,16,19,22,26,29-30,33-35,37-42H2,1-5H3/b10-8-,15-14-,18-17-,21-20-,25-23-,28-24-,31-27-,36-32+/t43-,44-/m1/s1. The van der Waals surface area contributed by atoms with Gasteiger partial charge in [0.1, 0.15) is 19.8 Å². The molecule has 0 aromatic rings. The third-order valence-corrected chi connectivity index (χ3v) is 9.13. The van der Waals surface area contributed by atoms with Crippen LogP contribution in [0.15, 0.2) is 97.2 Å². The molecule has 0 aliphatic carbocycles. The molecular formula is C46H76NO9P. The maximum absolute atomic E-state index is 12.6. The first-order valence-electron chi connectivity index (χ1n) is 21.1. The fourth-order valence-electron chi connectivity index (χ4n) is 4.84. The van der Waals surface area contributed by atoms with E-state index in [4.69, 9.17) is 18.5 Å². The van der Waals surface area contributed by atoms with E-state index >= 15 is 0 Å². The SMILES string of the molecule is CC/C=C\C/C=C\C/C=C\C/C=C\CCCCC(=O)O[C@H](COC(=O)CCC/C=C\C/C=C\C=C\[C@H](O)C/C=C\CCCCC)COP(=O)([O-])OCC[N+](C)(C)C.